The molecule has 20 heavy (non-hydrogen) atoms. The zero-order chi connectivity index (χ0) is 14.9. The Balaban J connectivity index is 2.22. The van der Waals surface area contributed by atoms with Gasteiger partial charge in [0.25, 0.3) is 15.0 Å². The molecule has 2 rings (SSSR count). The number of furan rings is 1. The fourth-order valence-corrected chi connectivity index (χ4v) is 4.13. The zero-order valence-electron chi connectivity index (χ0n) is 10.6. The summed E-state index contributed by atoms with van der Waals surface area (Å²) < 4.78 is 32.9. The van der Waals surface area contributed by atoms with E-state index in [9.17, 15) is 13.2 Å². The van der Waals surface area contributed by atoms with E-state index in [1.165, 1.54) is 0 Å². The number of likely N-dealkylation sites (tertiary alicyclic amines) is 1. The van der Waals surface area contributed by atoms with Crippen LogP contribution in [0.2, 0.25) is 0 Å². The van der Waals surface area contributed by atoms with Gasteiger partial charge in [-0.2, -0.15) is 0 Å². The lowest BCUT2D eigenvalue weighted by Crippen LogP contribution is -2.42. The van der Waals surface area contributed by atoms with Crippen molar-refractivity contribution in [2.24, 2.45) is 0 Å². The first-order chi connectivity index (χ1) is 9.32. The summed E-state index contributed by atoms with van der Waals surface area (Å²) in [5.74, 6) is -0.438. The average Bonchev–Trinajstić information content (AvgIpc) is 2.80. The number of carbonyl (C=O) groups is 1. The summed E-state index contributed by atoms with van der Waals surface area (Å²) in [6.45, 7) is 1.04. The molecule has 0 aromatic carbocycles. The smallest absolute Gasteiger partial charge is 0.289 e. The molecule has 112 valence electrons. The van der Waals surface area contributed by atoms with Gasteiger partial charge in [-0.05, 0) is 28.8 Å². The van der Waals surface area contributed by atoms with Crippen molar-refractivity contribution in [2.45, 2.75) is 23.8 Å². The number of nitrogens with zero attached hydrogens (tertiary/aromatic N) is 1. The third-order valence-corrected chi connectivity index (χ3v) is 5.31. The van der Waals surface area contributed by atoms with Crippen LogP contribution in [0.4, 0.5) is 0 Å². The molecule has 2 heterocycles. The number of amides is 1. The summed E-state index contributed by atoms with van der Waals surface area (Å²) in [6, 6.07) is 1.13. The Kier molecular flexibility index (Phi) is 4.78. The van der Waals surface area contributed by atoms with E-state index < -0.39 is 9.05 Å². The molecular formula is C11H13BrClNO5S. The summed E-state index contributed by atoms with van der Waals surface area (Å²) in [7, 11) is 2.89. The van der Waals surface area contributed by atoms with Crippen LogP contribution in [0, 0.1) is 0 Å². The molecule has 1 unspecified atom stereocenters. The Hall–Kier alpha value is -0.570. The SMILES string of the molecule is COC1CCCN(C(=O)c2cc(S(=O)(=O)Cl)c(Br)o2)C1. The second-order valence-corrected chi connectivity index (χ2v) is 7.69. The normalized spacial score (nSPS) is 20.1. The van der Waals surface area contributed by atoms with Crippen molar-refractivity contribution < 1.29 is 22.4 Å². The number of piperidine rings is 1. The molecule has 0 N–H and O–H groups in total. The second-order valence-electron chi connectivity index (χ2n) is 4.44. The number of rotatable bonds is 3. The lowest BCUT2D eigenvalue weighted by atomic mass is 10.1. The molecule has 9 heteroatoms. The lowest BCUT2D eigenvalue weighted by molar-refractivity contribution is 0.0251. The molecule has 1 saturated heterocycles. The van der Waals surface area contributed by atoms with Crippen LogP contribution in [0.15, 0.2) is 20.0 Å². The first-order valence-electron chi connectivity index (χ1n) is 5.89. The molecule has 1 aliphatic rings. The number of ether oxygens (including phenoxy) is 1. The highest BCUT2D eigenvalue weighted by atomic mass is 79.9. The van der Waals surface area contributed by atoms with Crippen LogP contribution >= 0.6 is 26.6 Å². The number of hydrogen-bond acceptors (Lipinski definition) is 5. The van der Waals surface area contributed by atoms with E-state index in [1.807, 2.05) is 0 Å². The predicted octanol–water partition coefficient (Wildman–Crippen LogP) is 2.22. The largest absolute Gasteiger partial charge is 0.443 e. The Morgan fingerprint density at radius 2 is 2.30 bits per heavy atom. The maximum absolute atomic E-state index is 12.3. The maximum Gasteiger partial charge on any atom is 0.289 e. The highest BCUT2D eigenvalue weighted by molar-refractivity contribution is 9.10. The van der Waals surface area contributed by atoms with Crippen molar-refractivity contribution in [3.05, 3.63) is 16.5 Å². The summed E-state index contributed by atoms with van der Waals surface area (Å²) in [5.41, 5.74) is 0. The molecule has 1 aliphatic heterocycles. The number of carbonyl (C=O) groups excluding carboxylic acids is 1. The summed E-state index contributed by atoms with van der Waals surface area (Å²) in [4.78, 5) is 13.6. The quantitative estimate of drug-likeness (QED) is 0.745. The molecule has 0 radical (unpaired) electrons. The first-order valence-corrected chi connectivity index (χ1v) is 8.99. The van der Waals surface area contributed by atoms with Gasteiger partial charge in [0.05, 0.1) is 6.10 Å². The average molecular weight is 387 g/mol. The van der Waals surface area contributed by atoms with E-state index in [4.69, 9.17) is 19.8 Å². The van der Waals surface area contributed by atoms with Gasteiger partial charge in [0.2, 0.25) is 0 Å². The molecule has 1 aromatic heterocycles. The zero-order valence-corrected chi connectivity index (χ0v) is 13.8. The lowest BCUT2D eigenvalue weighted by Gasteiger charge is -2.31. The van der Waals surface area contributed by atoms with E-state index >= 15 is 0 Å². The van der Waals surface area contributed by atoms with Crippen LogP contribution < -0.4 is 0 Å². The molecule has 1 amide bonds. The molecule has 6 nitrogen and oxygen atoms in total. The fourth-order valence-electron chi connectivity index (χ4n) is 2.09. The van der Waals surface area contributed by atoms with Crippen LogP contribution in [-0.4, -0.2) is 45.5 Å². The predicted molar refractivity (Wildman–Crippen MR) is 75.4 cm³/mol. The highest BCUT2D eigenvalue weighted by Crippen LogP contribution is 2.29. The van der Waals surface area contributed by atoms with Gasteiger partial charge < -0.3 is 14.1 Å². The van der Waals surface area contributed by atoms with Gasteiger partial charge in [-0.1, -0.05) is 0 Å². The van der Waals surface area contributed by atoms with Gasteiger partial charge in [-0.15, -0.1) is 0 Å². The minimum atomic E-state index is -3.96. The number of methoxy groups -OCH3 is 1. The van der Waals surface area contributed by atoms with Crippen molar-refractivity contribution in [3.8, 4) is 0 Å². The first kappa shape index (κ1) is 15.8. The number of halogens is 2. The van der Waals surface area contributed by atoms with Crippen molar-refractivity contribution >= 4 is 41.6 Å². The molecular weight excluding hydrogens is 374 g/mol. The van der Waals surface area contributed by atoms with E-state index in [0.717, 1.165) is 18.9 Å². The van der Waals surface area contributed by atoms with E-state index in [2.05, 4.69) is 15.9 Å². The highest BCUT2D eigenvalue weighted by Gasteiger charge is 2.29. The monoisotopic (exact) mass is 385 g/mol. The van der Waals surface area contributed by atoms with Crippen molar-refractivity contribution in [1.29, 1.82) is 0 Å². The third-order valence-electron chi connectivity index (χ3n) is 3.13. The van der Waals surface area contributed by atoms with Crippen molar-refractivity contribution in [2.75, 3.05) is 20.2 Å². The number of hydrogen-bond donors (Lipinski definition) is 0. The van der Waals surface area contributed by atoms with Crippen LogP contribution in [0.1, 0.15) is 23.4 Å². The fraction of sp³-hybridized carbons (Fsp3) is 0.545. The van der Waals surface area contributed by atoms with E-state index in [0.29, 0.717) is 13.1 Å². The van der Waals surface area contributed by atoms with Gasteiger partial charge in [0.1, 0.15) is 4.90 Å². The van der Waals surface area contributed by atoms with Gasteiger partial charge in [0, 0.05) is 36.9 Å². The third kappa shape index (κ3) is 3.36. The molecule has 0 saturated carbocycles. The maximum atomic E-state index is 12.3. The Morgan fingerprint density at radius 3 is 2.85 bits per heavy atom. The van der Waals surface area contributed by atoms with Crippen LogP contribution in [0.25, 0.3) is 0 Å². The molecule has 1 atom stereocenters. The van der Waals surface area contributed by atoms with Gasteiger partial charge in [-0.25, -0.2) is 8.42 Å². The summed E-state index contributed by atoms with van der Waals surface area (Å²) in [6.07, 6.45) is 1.71. The second kappa shape index (κ2) is 6.05. The Bertz CT molecular complexity index is 614. The van der Waals surface area contributed by atoms with Crippen LogP contribution in [0.5, 0.6) is 0 Å². The van der Waals surface area contributed by atoms with Gasteiger partial charge >= 0.3 is 0 Å². The standard InChI is InChI=1S/C11H13BrClNO5S/c1-18-7-3-2-4-14(6-7)11(15)8-5-9(10(12)19-8)20(13,16)17/h5,7H,2-4,6H2,1H3. The van der Waals surface area contributed by atoms with E-state index in [-0.39, 0.29) is 27.3 Å². The molecule has 0 bridgehead atoms. The van der Waals surface area contributed by atoms with E-state index in [1.54, 1.807) is 12.0 Å². The molecule has 0 spiro atoms. The minimum Gasteiger partial charge on any atom is -0.443 e. The topological polar surface area (TPSA) is 76.8 Å². The summed E-state index contributed by atoms with van der Waals surface area (Å²) >= 11 is 2.95. The van der Waals surface area contributed by atoms with Crippen LogP contribution in [-0.2, 0) is 13.8 Å². The van der Waals surface area contributed by atoms with Crippen molar-refractivity contribution in [1.82, 2.24) is 4.90 Å². The molecule has 1 fully saturated rings. The summed E-state index contributed by atoms with van der Waals surface area (Å²) in [5, 5.41) is 0. The van der Waals surface area contributed by atoms with Gasteiger partial charge in [-0.3, -0.25) is 4.79 Å². The Labute approximate surface area is 129 Å². The van der Waals surface area contributed by atoms with Gasteiger partial charge in [0.15, 0.2) is 10.4 Å². The Morgan fingerprint density at radius 1 is 1.60 bits per heavy atom. The minimum absolute atomic E-state index is 0.0117. The van der Waals surface area contributed by atoms with Crippen molar-refractivity contribution in [3.63, 3.8) is 0 Å². The van der Waals surface area contributed by atoms with Crippen LogP contribution in [0.3, 0.4) is 0 Å². The molecule has 1 aromatic rings. The molecule has 0 aliphatic carbocycles.